The summed E-state index contributed by atoms with van der Waals surface area (Å²) in [4.78, 5) is 32.2. The van der Waals surface area contributed by atoms with Crippen molar-refractivity contribution in [1.82, 2.24) is 4.57 Å². The number of carbonyl (C=O) groups excluding carboxylic acids is 1. The molecular formula is C32H29ClN2O6S. The fraction of sp³-hybridized carbons (Fsp3) is 0.219. The molecule has 8 nitrogen and oxygen atoms in total. The molecule has 3 aromatic carbocycles. The van der Waals surface area contributed by atoms with Crippen LogP contribution >= 0.6 is 22.9 Å². The van der Waals surface area contributed by atoms with Gasteiger partial charge in [-0.2, -0.15) is 0 Å². The molecule has 0 radical (unpaired) electrons. The molecule has 1 aliphatic heterocycles. The molecule has 1 atom stereocenters. The van der Waals surface area contributed by atoms with E-state index in [1.807, 2.05) is 48.5 Å². The van der Waals surface area contributed by atoms with E-state index < -0.39 is 12.0 Å². The highest BCUT2D eigenvalue weighted by molar-refractivity contribution is 7.07. The topological polar surface area (TPSA) is 88.4 Å². The molecule has 0 aliphatic carbocycles. The third-order valence-electron chi connectivity index (χ3n) is 6.67. The molecule has 1 aromatic heterocycles. The van der Waals surface area contributed by atoms with Gasteiger partial charge in [-0.05, 0) is 54.0 Å². The molecule has 1 unspecified atom stereocenters. The van der Waals surface area contributed by atoms with Crippen LogP contribution in [0.3, 0.4) is 0 Å². The number of rotatable bonds is 10. The number of esters is 1. The number of hydrogen-bond donors (Lipinski definition) is 0. The molecule has 0 bridgehead atoms. The second kappa shape index (κ2) is 13.2. The van der Waals surface area contributed by atoms with Gasteiger partial charge in [-0.1, -0.05) is 71.5 Å². The Balaban J connectivity index is 1.53. The number of thiazole rings is 1. The number of hydrogen-bond acceptors (Lipinski definition) is 8. The van der Waals surface area contributed by atoms with E-state index in [-0.39, 0.29) is 24.3 Å². The maximum atomic E-state index is 13.9. The van der Waals surface area contributed by atoms with Gasteiger partial charge in [-0.25, -0.2) is 9.79 Å². The third kappa shape index (κ3) is 6.33. The van der Waals surface area contributed by atoms with E-state index in [4.69, 9.17) is 30.5 Å². The third-order valence-corrected chi connectivity index (χ3v) is 7.91. The minimum atomic E-state index is -0.737. The summed E-state index contributed by atoms with van der Waals surface area (Å²) in [6.45, 7) is 2.47. The zero-order valence-electron chi connectivity index (χ0n) is 23.3. The van der Waals surface area contributed by atoms with Crippen molar-refractivity contribution in [2.45, 2.75) is 19.6 Å². The summed E-state index contributed by atoms with van der Waals surface area (Å²) in [5, 5.41) is 0.543. The number of benzene rings is 3. The van der Waals surface area contributed by atoms with E-state index >= 15 is 0 Å². The lowest BCUT2D eigenvalue weighted by atomic mass is 9.96. The summed E-state index contributed by atoms with van der Waals surface area (Å²) in [7, 11) is 3.10. The van der Waals surface area contributed by atoms with Crippen molar-refractivity contribution in [3.8, 4) is 11.5 Å². The molecule has 2 heterocycles. The SMILES string of the molecule is COCCOC(=O)C1=C(C)N=c2sc(=Cc3ccc(OCc4ccccc4)c(OC)c3)c(=O)n2C1c1ccc(Cl)cc1. The number of allylic oxidation sites excluding steroid dienone is 1. The first-order valence-corrected chi connectivity index (χ1v) is 14.4. The molecule has 216 valence electrons. The van der Waals surface area contributed by atoms with Crippen LogP contribution in [0.2, 0.25) is 5.02 Å². The number of methoxy groups -OCH3 is 2. The van der Waals surface area contributed by atoms with Gasteiger partial charge in [0.05, 0.1) is 35.6 Å². The summed E-state index contributed by atoms with van der Waals surface area (Å²) in [5.41, 5.74) is 2.98. The Kier molecular flexibility index (Phi) is 9.22. The molecule has 1 aliphatic rings. The molecule has 4 aromatic rings. The van der Waals surface area contributed by atoms with Crippen LogP contribution in [0.5, 0.6) is 11.5 Å². The lowest BCUT2D eigenvalue weighted by molar-refractivity contribution is -0.140. The second-order valence-corrected chi connectivity index (χ2v) is 10.9. The summed E-state index contributed by atoms with van der Waals surface area (Å²) in [6.07, 6.45) is 1.78. The Bertz CT molecular complexity index is 1800. The van der Waals surface area contributed by atoms with Crippen LogP contribution in [0.15, 0.2) is 93.9 Å². The van der Waals surface area contributed by atoms with Crippen LogP contribution in [0.25, 0.3) is 6.08 Å². The van der Waals surface area contributed by atoms with Gasteiger partial charge in [0, 0.05) is 12.1 Å². The molecular weight excluding hydrogens is 576 g/mol. The highest BCUT2D eigenvalue weighted by Gasteiger charge is 2.33. The summed E-state index contributed by atoms with van der Waals surface area (Å²) >= 11 is 7.39. The van der Waals surface area contributed by atoms with Crippen molar-refractivity contribution in [2.24, 2.45) is 4.99 Å². The Labute approximate surface area is 251 Å². The number of halogens is 1. The molecule has 0 N–H and O–H groups in total. The zero-order valence-corrected chi connectivity index (χ0v) is 24.9. The predicted molar refractivity (Wildman–Crippen MR) is 162 cm³/mol. The number of fused-ring (bicyclic) bond motifs is 1. The Morgan fingerprint density at radius 3 is 2.50 bits per heavy atom. The number of ether oxygens (including phenoxy) is 4. The molecule has 0 fully saturated rings. The number of nitrogens with zero attached hydrogens (tertiary/aromatic N) is 2. The summed E-state index contributed by atoms with van der Waals surface area (Å²) in [5.74, 6) is 0.580. The highest BCUT2D eigenvalue weighted by Crippen LogP contribution is 2.32. The lowest BCUT2D eigenvalue weighted by Crippen LogP contribution is -2.40. The van der Waals surface area contributed by atoms with E-state index in [9.17, 15) is 9.59 Å². The van der Waals surface area contributed by atoms with E-state index in [1.165, 1.54) is 23.0 Å². The Morgan fingerprint density at radius 2 is 1.79 bits per heavy atom. The molecule has 0 saturated carbocycles. The standard InChI is InChI=1S/C32H29ClN2O6S/c1-20-28(31(37)40-16-15-38-2)29(23-10-12-24(33)13-11-23)35-30(36)27(42-32(35)34-20)18-22-9-14-25(26(17-22)39-3)41-19-21-7-5-4-6-8-21/h4-14,17-18,29H,15-16,19H2,1-3H3. The lowest BCUT2D eigenvalue weighted by Gasteiger charge is -2.24. The number of aromatic nitrogens is 1. The molecule has 5 rings (SSSR count). The van der Waals surface area contributed by atoms with Crippen molar-refractivity contribution in [2.75, 3.05) is 27.4 Å². The van der Waals surface area contributed by atoms with Crippen LogP contribution < -0.4 is 24.4 Å². The summed E-state index contributed by atoms with van der Waals surface area (Å²) < 4.78 is 24.0. The van der Waals surface area contributed by atoms with Crippen molar-refractivity contribution >= 4 is 35.0 Å². The van der Waals surface area contributed by atoms with Crippen molar-refractivity contribution in [3.05, 3.63) is 125 Å². The Hall–Kier alpha value is -4.18. The van der Waals surface area contributed by atoms with Gasteiger partial charge in [-0.15, -0.1) is 0 Å². The molecule has 0 saturated heterocycles. The van der Waals surface area contributed by atoms with Crippen molar-refractivity contribution in [3.63, 3.8) is 0 Å². The first-order chi connectivity index (χ1) is 20.4. The largest absolute Gasteiger partial charge is 0.493 e. The van der Waals surface area contributed by atoms with E-state index in [0.29, 0.717) is 43.7 Å². The van der Waals surface area contributed by atoms with Crippen LogP contribution in [-0.2, 0) is 20.9 Å². The van der Waals surface area contributed by atoms with Gasteiger partial charge in [-0.3, -0.25) is 9.36 Å². The normalized spacial score (nSPS) is 14.8. The maximum absolute atomic E-state index is 13.9. The molecule has 10 heteroatoms. The van der Waals surface area contributed by atoms with Gasteiger partial charge in [0.25, 0.3) is 5.56 Å². The van der Waals surface area contributed by atoms with E-state index in [0.717, 1.165) is 11.1 Å². The van der Waals surface area contributed by atoms with Crippen molar-refractivity contribution < 1.29 is 23.7 Å². The molecule has 0 spiro atoms. The average molecular weight is 605 g/mol. The fourth-order valence-electron chi connectivity index (χ4n) is 4.62. The van der Waals surface area contributed by atoms with E-state index in [2.05, 4.69) is 4.99 Å². The fourth-order valence-corrected chi connectivity index (χ4v) is 5.79. The second-order valence-electron chi connectivity index (χ2n) is 9.45. The van der Waals surface area contributed by atoms with Crippen LogP contribution in [0.1, 0.15) is 29.7 Å². The van der Waals surface area contributed by atoms with Crippen molar-refractivity contribution in [1.29, 1.82) is 0 Å². The van der Waals surface area contributed by atoms with Crippen LogP contribution in [0, 0.1) is 0 Å². The Morgan fingerprint density at radius 1 is 1.02 bits per heavy atom. The van der Waals surface area contributed by atoms with Crippen LogP contribution in [0.4, 0.5) is 0 Å². The first kappa shape index (κ1) is 29.3. The minimum Gasteiger partial charge on any atom is -0.493 e. The van der Waals surface area contributed by atoms with E-state index in [1.54, 1.807) is 44.4 Å². The molecule has 0 amide bonds. The van der Waals surface area contributed by atoms with Gasteiger partial charge in [0.15, 0.2) is 16.3 Å². The summed E-state index contributed by atoms with van der Waals surface area (Å²) in [6, 6.07) is 21.7. The van der Waals surface area contributed by atoms with Gasteiger partial charge in [0.1, 0.15) is 13.2 Å². The maximum Gasteiger partial charge on any atom is 0.338 e. The van der Waals surface area contributed by atoms with Gasteiger partial charge >= 0.3 is 5.97 Å². The monoisotopic (exact) mass is 604 g/mol. The average Bonchev–Trinajstić information content (AvgIpc) is 3.30. The highest BCUT2D eigenvalue weighted by atomic mass is 35.5. The predicted octanol–water partition coefficient (Wildman–Crippen LogP) is 4.67. The van der Waals surface area contributed by atoms with Gasteiger partial charge < -0.3 is 18.9 Å². The minimum absolute atomic E-state index is 0.0801. The zero-order chi connectivity index (χ0) is 29.6. The van der Waals surface area contributed by atoms with Gasteiger partial charge in [0.2, 0.25) is 0 Å². The molecule has 42 heavy (non-hydrogen) atoms. The van der Waals surface area contributed by atoms with Crippen LogP contribution in [-0.4, -0.2) is 38.0 Å². The quantitative estimate of drug-likeness (QED) is 0.193. The number of carbonyl (C=O) groups is 1. The first-order valence-electron chi connectivity index (χ1n) is 13.2. The smallest absolute Gasteiger partial charge is 0.338 e.